The molecule has 12 heteroatoms. The van der Waals surface area contributed by atoms with Crippen molar-refractivity contribution in [1.29, 1.82) is 0 Å². The van der Waals surface area contributed by atoms with Crippen LogP contribution in [-0.4, -0.2) is 53.6 Å². The fraction of sp³-hybridized carbons (Fsp3) is 0.0769. The Morgan fingerprint density at radius 2 is 1.34 bits per heavy atom. The average Bonchev–Trinajstić information content (AvgIpc) is 2.86. The molecule has 0 saturated heterocycles. The summed E-state index contributed by atoms with van der Waals surface area (Å²) in [5, 5.41) is 72.0. The summed E-state index contributed by atoms with van der Waals surface area (Å²) in [7, 11) is 0. The zero-order valence-corrected chi connectivity index (χ0v) is 19.7. The summed E-state index contributed by atoms with van der Waals surface area (Å²) in [6.45, 7) is 0. The minimum absolute atomic E-state index is 0.0488. The number of aromatic hydroxyl groups is 7. The Kier molecular flexibility index (Phi) is 8.30. The molecule has 11 N–H and O–H groups in total. The van der Waals surface area contributed by atoms with Gasteiger partial charge in [-0.1, -0.05) is 12.1 Å². The van der Waals surface area contributed by atoms with E-state index in [1.807, 2.05) is 0 Å². The first-order chi connectivity index (χ1) is 17.9. The van der Waals surface area contributed by atoms with E-state index in [-0.39, 0.29) is 34.9 Å². The second-order valence-corrected chi connectivity index (χ2v) is 8.14. The molecule has 1 atom stereocenters. The average molecular weight is 523 g/mol. The van der Waals surface area contributed by atoms with E-state index >= 15 is 0 Å². The number of rotatable bonds is 8. The number of nitrogens with two attached hydrogens (primary N) is 1. The molecular weight excluding hydrogens is 498 g/mol. The standard InChI is InChI=1S/C26H25N3O9/c27-16(7-14-2-4-19(31)21(33)10-14)25(37)29-17(8-15-11-22(34)24(36)23(35)12-15)26(38)28-6-5-13-1-3-18(30)20(32)9-13/h1-6,8-12,16,30-36H,7,27H2,(H,28,38)(H,29,37). The third-order valence-corrected chi connectivity index (χ3v) is 5.23. The lowest BCUT2D eigenvalue weighted by Crippen LogP contribution is -2.44. The molecule has 0 saturated carbocycles. The van der Waals surface area contributed by atoms with Crippen LogP contribution in [0, 0.1) is 0 Å². The van der Waals surface area contributed by atoms with Crippen molar-refractivity contribution in [2.24, 2.45) is 5.73 Å². The van der Waals surface area contributed by atoms with Gasteiger partial charge in [-0.25, -0.2) is 0 Å². The van der Waals surface area contributed by atoms with Gasteiger partial charge in [0.15, 0.2) is 40.2 Å². The minimum atomic E-state index is -1.19. The van der Waals surface area contributed by atoms with Gasteiger partial charge in [-0.3, -0.25) is 9.59 Å². The van der Waals surface area contributed by atoms with Crippen molar-refractivity contribution in [3.05, 3.63) is 77.1 Å². The molecule has 12 nitrogen and oxygen atoms in total. The normalized spacial score (nSPS) is 12.3. The van der Waals surface area contributed by atoms with Crippen LogP contribution >= 0.6 is 0 Å². The van der Waals surface area contributed by atoms with Gasteiger partial charge in [-0.2, -0.15) is 0 Å². The van der Waals surface area contributed by atoms with E-state index in [4.69, 9.17) is 5.73 Å². The molecule has 0 bridgehead atoms. The summed E-state index contributed by atoms with van der Waals surface area (Å²) in [4.78, 5) is 25.7. The number of hydrogen-bond donors (Lipinski definition) is 10. The van der Waals surface area contributed by atoms with Crippen LogP contribution in [-0.2, 0) is 16.0 Å². The van der Waals surface area contributed by atoms with Gasteiger partial charge in [-0.15, -0.1) is 0 Å². The fourth-order valence-corrected chi connectivity index (χ4v) is 3.24. The van der Waals surface area contributed by atoms with E-state index in [0.29, 0.717) is 11.1 Å². The summed E-state index contributed by atoms with van der Waals surface area (Å²) in [6.07, 6.45) is 3.67. The maximum absolute atomic E-state index is 12.9. The first-order valence-corrected chi connectivity index (χ1v) is 11.0. The third-order valence-electron chi connectivity index (χ3n) is 5.23. The molecule has 0 aliphatic rings. The summed E-state index contributed by atoms with van der Waals surface area (Å²) in [5.41, 5.74) is 6.54. The fourth-order valence-electron chi connectivity index (χ4n) is 3.24. The zero-order chi connectivity index (χ0) is 28.0. The first kappa shape index (κ1) is 27.2. The second kappa shape index (κ2) is 11.6. The monoisotopic (exact) mass is 523 g/mol. The number of carbonyl (C=O) groups excluding carboxylic acids is 2. The van der Waals surface area contributed by atoms with Gasteiger partial charge in [0.1, 0.15) is 5.70 Å². The quantitative estimate of drug-likeness (QED) is 0.151. The van der Waals surface area contributed by atoms with Crippen LogP contribution in [0.3, 0.4) is 0 Å². The van der Waals surface area contributed by atoms with Crippen molar-refractivity contribution in [2.75, 3.05) is 0 Å². The highest BCUT2D eigenvalue weighted by molar-refractivity contribution is 6.02. The molecule has 0 heterocycles. The summed E-state index contributed by atoms with van der Waals surface area (Å²) < 4.78 is 0. The van der Waals surface area contributed by atoms with Crippen molar-refractivity contribution in [3.8, 4) is 40.2 Å². The Morgan fingerprint density at radius 3 is 1.95 bits per heavy atom. The van der Waals surface area contributed by atoms with Crippen LogP contribution in [0.2, 0.25) is 0 Å². The molecule has 1 unspecified atom stereocenters. The summed E-state index contributed by atoms with van der Waals surface area (Å²) >= 11 is 0. The van der Waals surface area contributed by atoms with Crippen LogP contribution in [0.4, 0.5) is 0 Å². The summed E-state index contributed by atoms with van der Waals surface area (Å²) in [5.74, 6) is -5.15. The molecule has 2 amide bonds. The van der Waals surface area contributed by atoms with Crippen molar-refractivity contribution < 1.29 is 45.3 Å². The van der Waals surface area contributed by atoms with E-state index in [1.54, 1.807) is 0 Å². The molecule has 3 rings (SSSR count). The Hall–Kier alpha value is -5.36. The molecule has 0 aliphatic heterocycles. The molecule has 0 fully saturated rings. The molecule has 3 aromatic rings. The Bertz CT molecular complexity index is 1410. The van der Waals surface area contributed by atoms with Crippen LogP contribution in [0.1, 0.15) is 16.7 Å². The maximum atomic E-state index is 12.9. The van der Waals surface area contributed by atoms with Crippen LogP contribution < -0.4 is 16.4 Å². The van der Waals surface area contributed by atoms with Gasteiger partial charge < -0.3 is 52.1 Å². The van der Waals surface area contributed by atoms with Gasteiger partial charge in [0.2, 0.25) is 5.91 Å². The highest BCUT2D eigenvalue weighted by atomic mass is 16.3. The van der Waals surface area contributed by atoms with Crippen molar-refractivity contribution in [3.63, 3.8) is 0 Å². The van der Waals surface area contributed by atoms with E-state index in [9.17, 15) is 45.3 Å². The third kappa shape index (κ3) is 6.86. The van der Waals surface area contributed by atoms with Crippen LogP contribution in [0.15, 0.2) is 60.4 Å². The lowest BCUT2D eigenvalue weighted by molar-refractivity contribution is -0.124. The van der Waals surface area contributed by atoms with Crippen LogP contribution in [0.5, 0.6) is 40.2 Å². The van der Waals surface area contributed by atoms with Gasteiger partial charge in [0.05, 0.1) is 6.04 Å². The first-order valence-electron chi connectivity index (χ1n) is 11.0. The SMILES string of the molecule is NC(Cc1ccc(O)c(O)c1)C(=O)NC(=Cc1cc(O)c(O)c(O)c1)C(=O)NC=Cc1ccc(O)c(O)c1. The predicted octanol–water partition coefficient (Wildman–Crippen LogP) is 1.44. The molecule has 0 aromatic heterocycles. The summed E-state index contributed by atoms with van der Waals surface area (Å²) in [6, 6.07) is 8.80. The van der Waals surface area contributed by atoms with E-state index in [0.717, 1.165) is 18.2 Å². The van der Waals surface area contributed by atoms with E-state index in [2.05, 4.69) is 10.6 Å². The Balaban J connectivity index is 1.82. The van der Waals surface area contributed by atoms with Crippen molar-refractivity contribution in [1.82, 2.24) is 10.6 Å². The molecule has 3 aromatic carbocycles. The van der Waals surface area contributed by atoms with Gasteiger partial charge in [0, 0.05) is 6.20 Å². The number of nitrogens with one attached hydrogen (secondary N) is 2. The number of amides is 2. The minimum Gasteiger partial charge on any atom is -0.504 e. The maximum Gasteiger partial charge on any atom is 0.271 e. The van der Waals surface area contributed by atoms with Gasteiger partial charge >= 0.3 is 0 Å². The predicted molar refractivity (Wildman–Crippen MR) is 136 cm³/mol. The second-order valence-electron chi connectivity index (χ2n) is 8.14. The largest absolute Gasteiger partial charge is 0.504 e. The number of hydrogen-bond acceptors (Lipinski definition) is 10. The van der Waals surface area contributed by atoms with E-state index < -0.39 is 40.9 Å². The molecule has 38 heavy (non-hydrogen) atoms. The highest BCUT2D eigenvalue weighted by Gasteiger charge is 2.20. The molecular formula is C26H25N3O9. The zero-order valence-electron chi connectivity index (χ0n) is 19.7. The molecule has 0 aliphatic carbocycles. The number of phenols is 7. The lowest BCUT2D eigenvalue weighted by Gasteiger charge is -2.15. The van der Waals surface area contributed by atoms with Crippen molar-refractivity contribution >= 4 is 24.0 Å². The van der Waals surface area contributed by atoms with E-state index in [1.165, 1.54) is 48.7 Å². The van der Waals surface area contributed by atoms with Crippen LogP contribution in [0.25, 0.3) is 12.2 Å². The Labute approximate surface area is 215 Å². The lowest BCUT2D eigenvalue weighted by atomic mass is 10.0. The smallest absolute Gasteiger partial charge is 0.271 e. The van der Waals surface area contributed by atoms with Gasteiger partial charge in [-0.05, 0) is 71.7 Å². The molecule has 198 valence electrons. The number of benzene rings is 3. The number of phenolic OH excluding ortho intramolecular Hbond substituents is 7. The van der Waals surface area contributed by atoms with Gasteiger partial charge in [0.25, 0.3) is 5.91 Å². The molecule has 0 radical (unpaired) electrons. The van der Waals surface area contributed by atoms with Crippen molar-refractivity contribution in [2.45, 2.75) is 12.5 Å². The highest BCUT2D eigenvalue weighted by Crippen LogP contribution is 2.36. The number of carbonyl (C=O) groups is 2. The topological polar surface area (TPSA) is 226 Å². The molecule has 0 spiro atoms. The Morgan fingerprint density at radius 1 is 0.763 bits per heavy atom.